The van der Waals surface area contributed by atoms with Crippen LogP contribution in [0.15, 0.2) is 29.3 Å². The second-order valence-corrected chi connectivity index (χ2v) is 11.2. The molecule has 0 aliphatic carbocycles. The zero-order valence-electron chi connectivity index (χ0n) is 26.0. The highest BCUT2D eigenvalue weighted by atomic mass is 16.4. The predicted molar refractivity (Wildman–Crippen MR) is 167 cm³/mol. The second kappa shape index (κ2) is 18.6. The number of carbonyl (C=O) groups is 7. The van der Waals surface area contributed by atoms with Crippen LogP contribution in [0.5, 0.6) is 5.75 Å². The number of aromatic hydroxyl groups is 1. The average Bonchev–Trinajstić information content (AvgIpc) is 3.51. The van der Waals surface area contributed by atoms with Gasteiger partial charge in [-0.15, -0.1) is 0 Å². The molecule has 1 aromatic carbocycles. The van der Waals surface area contributed by atoms with Crippen LogP contribution in [-0.4, -0.2) is 116 Å². The number of aliphatic imine (C=N–C) groups is 1. The Morgan fingerprint density at radius 2 is 1.50 bits per heavy atom. The highest BCUT2D eigenvalue weighted by Gasteiger charge is 2.38. The number of rotatable bonds is 19. The Hall–Kier alpha value is -5.46. The van der Waals surface area contributed by atoms with Gasteiger partial charge in [0.1, 0.15) is 29.9 Å². The first-order valence-electron chi connectivity index (χ1n) is 15.1. The minimum absolute atomic E-state index is 0.0350. The van der Waals surface area contributed by atoms with E-state index in [1.807, 2.05) is 0 Å². The van der Waals surface area contributed by atoms with Gasteiger partial charge < -0.3 is 58.5 Å². The molecule has 2 rings (SSSR count). The SMILES string of the molecule is NC(N)=NCCC[C@H](NC(=O)[C@H](CC(=O)O)NC(=O)[C@@H]1CCCN1C(=O)[C@@H](N)CCC(=O)O)C(=O)N[C@@H](Cc1ccc(O)cc1)C(=O)O. The third-order valence-corrected chi connectivity index (χ3v) is 7.41. The Morgan fingerprint density at radius 1 is 0.875 bits per heavy atom. The fourth-order valence-corrected chi connectivity index (χ4v) is 4.96. The Bertz CT molecular complexity index is 1370. The molecule has 264 valence electrons. The van der Waals surface area contributed by atoms with Gasteiger partial charge in [-0.05, 0) is 49.8 Å². The van der Waals surface area contributed by atoms with Crippen LogP contribution in [0.25, 0.3) is 0 Å². The fourth-order valence-electron chi connectivity index (χ4n) is 4.96. The van der Waals surface area contributed by atoms with E-state index < -0.39 is 78.2 Å². The highest BCUT2D eigenvalue weighted by Crippen LogP contribution is 2.20. The van der Waals surface area contributed by atoms with E-state index in [0.717, 1.165) is 4.90 Å². The van der Waals surface area contributed by atoms with Gasteiger partial charge in [-0.25, -0.2) is 4.79 Å². The molecule has 19 heteroatoms. The molecule has 48 heavy (non-hydrogen) atoms. The van der Waals surface area contributed by atoms with E-state index in [2.05, 4.69) is 20.9 Å². The van der Waals surface area contributed by atoms with E-state index in [-0.39, 0.29) is 63.3 Å². The molecule has 1 aromatic rings. The van der Waals surface area contributed by atoms with Crippen LogP contribution in [0, 0.1) is 0 Å². The van der Waals surface area contributed by atoms with Crippen LogP contribution < -0.4 is 33.2 Å². The van der Waals surface area contributed by atoms with Gasteiger partial charge in [0.15, 0.2) is 5.96 Å². The molecule has 1 aliphatic heterocycles. The molecule has 19 nitrogen and oxygen atoms in total. The first-order valence-corrected chi connectivity index (χ1v) is 15.1. The van der Waals surface area contributed by atoms with Gasteiger partial charge >= 0.3 is 17.9 Å². The summed E-state index contributed by atoms with van der Waals surface area (Å²) in [6, 6.07) is -1.29. The number of carboxylic acids is 3. The van der Waals surface area contributed by atoms with Crippen molar-refractivity contribution < 1.29 is 54.0 Å². The first-order chi connectivity index (χ1) is 22.6. The number of nitrogens with one attached hydrogen (secondary N) is 3. The van der Waals surface area contributed by atoms with Crippen molar-refractivity contribution in [1.29, 1.82) is 0 Å². The maximum absolute atomic E-state index is 13.4. The lowest BCUT2D eigenvalue weighted by molar-refractivity contribution is -0.144. The number of benzene rings is 1. The predicted octanol–water partition coefficient (Wildman–Crippen LogP) is -2.81. The van der Waals surface area contributed by atoms with Crippen LogP contribution in [0.2, 0.25) is 0 Å². The summed E-state index contributed by atoms with van der Waals surface area (Å²) in [5.74, 6) is -7.84. The molecule has 0 bridgehead atoms. The molecule has 0 radical (unpaired) electrons. The van der Waals surface area contributed by atoms with Crippen molar-refractivity contribution in [2.75, 3.05) is 13.1 Å². The van der Waals surface area contributed by atoms with Crippen molar-refractivity contribution in [3.63, 3.8) is 0 Å². The minimum Gasteiger partial charge on any atom is -0.508 e. The standard InChI is InChI=1S/C29H42N8O11/c30-17(9-10-22(39)40)27(46)37-12-2-4-21(37)26(45)35-19(14-23(41)42)25(44)34-18(3-1-11-33-29(31)32)24(43)36-20(28(47)48)13-15-5-7-16(38)8-6-15/h5-8,17-21,38H,1-4,9-14,30H2,(H,34,44)(H,35,45)(H,36,43)(H,39,40)(H,41,42)(H,47,48)(H4,31,32,33)/t17-,18-,19-,20-,21-/m0/s1. The number of hydrogen-bond donors (Lipinski definition) is 10. The van der Waals surface area contributed by atoms with E-state index in [4.69, 9.17) is 22.3 Å². The molecule has 1 saturated heterocycles. The summed E-state index contributed by atoms with van der Waals surface area (Å²) in [5.41, 5.74) is 17.0. The molecular formula is C29H42N8O11. The van der Waals surface area contributed by atoms with Crippen LogP contribution in [0.4, 0.5) is 0 Å². The first kappa shape index (κ1) is 38.7. The van der Waals surface area contributed by atoms with Gasteiger partial charge in [0.05, 0.1) is 12.5 Å². The summed E-state index contributed by atoms with van der Waals surface area (Å²) >= 11 is 0. The van der Waals surface area contributed by atoms with Crippen molar-refractivity contribution in [1.82, 2.24) is 20.9 Å². The van der Waals surface area contributed by atoms with Crippen molar-refractivity contribution in [2.45, 2.75) is 81.6 Å². The number of aliphatic carboxylic acids is 3. The number of nitrogens with zero attached hydrogens (tertiary/aromatic N) is 2. The molecule has 4 amide bonds. The van der Waals surface area contributed by atoms with E-state index in [1.54, 1.807) is 0 Å². The van der Waals surface area contributed by atoms with E-state index >= 15 is 0 Å². The number of phenols is 1. The summed E-state index contributed by atoms with van der Waals surface area (Å²) in [4.78, 5) is 92.2. The lowest BCUT2D eigenvalue weighted by atomic mass is 10.0. The minimum atomic E-state index is -1.71. The molecule has 5 atom stereocenters. The molecule has 0 saturated carbocycles. The Morgan fingerprint density at radius 3 is 2.08 bits per heavy atom. The van der Waals surface area contributed by atoms with Gasteiger partial charge in [0.25, 0.3) is 0 Å². The summed E-state index contributed by atoms with van der Waals surface area (Å²) in [6.45, 7) is 0.160. The van der Waals surface area contributed by atoms with E-state index in [1.165, 1.54) is 24.3 Å². The maximum atomic E-state index is 13.4. The number of carboxylic acid groups (broad SMARTS) is 3. The zero-order chi connectivity index (χ0) is 36.0. The number of guanidine groups is 1. The average molecular weight is 679 g/mol. The normalized spacial score (nSPS) is 16.4. The summed E-state index contributed by atoms with van der Waals surface area (Å²) in [6.07, 6.45) is -1.07. The molecule has 1 heterocycles. The number of hydrogen-bond acceptors (Lipinski definition) is 10. The molecule has 13 N–H and O–H groups in total. The smallest absolute Gasteiger partial charge is 0.326 e. The molecule has 0 aromatic heterocycles. The van der Waals surface area contributed by atoms with Gasteiger partial charge in [0, 0.05) is 25.9 Å². The lowest BCUT2D eigenvalue weighted by Crippen LogP contribution is -2.58. The zero-order valence-corrected chi connectivity index (χ0v) is 26.0. The van der Waals surface area contributed by atoms with Gasteiger partial charge in [-0.2, -0.15) is 0 Å². The van der Waals surface area contributed by atoms with Crippen molar-refractivity contribution in [3.8, 4) is 5.75 Å². The highest BCUT2D eigenvalue weighted by molar-refractivity contribution is 5.97. The monoisotopic (exact) mass is 678 g/mol. The molecule has 0 unspecified atom stereocenters. The fraction of sp³-hybridized carbons (Fsp3) is 0.517. The van der Waals surface area contributed by atoms with Crippen LogP contribution >= 0.6 is 0 Å². The summed E-state index contributed by atoms with van der Waals surface area (Å²) in [7, 11) is 0. The molecule has 1 aliphatic rings. The summed E-state index contributed by atoms with van der Waals surface area (Å²) < 4.78 is 0. The molecule has 1 fully saturated rings. The topological polar surface area (TPSA) is 330 Å². The summed E-state index contributed by atoms with van der Waals surface area (Å²) in [5, 5.41) is 44.7. The lowest BCUT2D eigenvalue weighted by Gasteiger charge is -2.28. The number of nitrogens with two attached hydrogens (primary N) is 3. The van der Waals surface area contributed by atoms with Crippen LogP contribution in [0.1, 0.15) is 50.5 Å². The van der Waals surface area contributed by atoms with Gasteiger partial charge in [0.2, 0.25) is 23.6 Å². The van der Waals surface area contributed by atoms with Crippen LogP contribution in [-0.2, 0) is 40.0 Å². The van der Waals surface area contributed by atoms with E-state index in [0.29, 0.717) is 12.0 Å². The van der Waals surface area contributed by atoms with Crippen molar-refractivity contribution in [2.24, 2.45) is 22.2 Å². The Balaban J connectivity index is 2.22. The van der Waals surface area contributed by atoms with Crippen molar-refractivity contribution in [3.05, 3.63) is 29.8 Å². The third kappa shape index (κ3) is 12.7. The largest absolute Gasteiger partial charge is 0.508 e. The number of carbonyl (C=O) groups excluding carboxylic acids is 4. The number of phenolic OH excluding ortho intramolecular Hbond substituents is 1. The quantitative estimate of drug-likeness (QED) is 0.0401. The molecule has 0 spiro atoms. The van der Waals surface area contributed by atoms with E-state index in [9.17, 15) is 48.9 Å². The maximum Gasteiger partial charge on any atom is 0.326 e. The Kier molecular flexibility index (Phi) is 15.0. The number of likely N-dealkylation sites (tertiary alicyclic amines) is 1. The van der Waals surface area contributed by atoms with Crippen molar-refractivity contribution >= 4 is 47.5 Å². The van der Waals surface area contributed by atoms with Gasteiger partial charge in [-0.3, -0.25) is 33.8 Å². The third-order valence-electron chi connectivity index (χ3n) is 7.41. The Labute approximate surface area is 274 Å². The van der Waals surface area contributed by atoms with Crippen LogP contribution in [0.3, 0.4) is 0 Å². The second-order valence-electron chi connectivity index (χ2n) is 11.2. The molecular weight excluding hydrogens is 636 g/mol. The van der Waals surface area contributed by atoms with Gasteiger partial charge in [-0.1, -0.05) is 12.1 Å². The number of amides is 4.